The Bertz CT molecular complexity index is 1220. The van der Waals surface area contributed by atoms with Crippen molar-refractivity contribution in [2.24, 2.45) is 0 Å². The molecule has 8 heteroatoms. The van der Waals surface area contributed by atoms with E-state index in [0.717, 1.165) is 22.3 Å². The van der Waals surface area contributed by atoms with Gasteiger partial charge in [0.25, 0.3) is 5.91 Å². The van der Waals surface area contributed by atoms with Gasteiger partial charge in [0.1, 0.15) is 17.1 Å². The van der Waals surface area contributed by atoms with E-state index in [9.17, 15) is 9.59 Å². The minimum absolute atomic E-state index is 0.309. The number of fused-ring (bicyclic) bond motifs is 2. The number of carbonyl (C=O) groups is 1. The number of imidazole rings is 1. The van der Waals surface area contributed by atoms with Gasteiger partial charge in [-0.15, -0.1) is 0 Å². The number of nitrogens with one attached hydrogen (secondary N) is 3. The molecule has 0 saturated carbocycles. The molecule has 4 aromatic rings. The van der Waals surface area contributed by atoms with Gasteiger partial charge in [-0.2, -0.15) is 0 Å². The molecule has 3 aromatic heterocycles. The van der Waals surface area contributed by atoms with Crippen LogP contribution in [0.15, 0.2) is 39.7 Å². The average molecular weight is 366 g/mol. The van der Waals surface area contributed by atoms with Gasteiger partial charge in [0.2, 0.25) is 0 Å². The molecule has 0 fully saturated rings. The zero-order valence-corrected chi connectivity index (χ0v) is 15.0. The highest BCUT2D eigenvalue weighted by Crippen LogP contribution is 2.32. The van der Waals surface area contributed by atoms with Crippen LogP contribution in [-0.2, 0) is 0 Å². The van der Waals surface area contributed by atoms with Crippen molar-refractivity contribution in [2.45, 2.75) is 19.9 Å². The van der Waals surface area contributed by atoms with Gasteiger partial charge < -0.3 is 19.5 Å². The van der Waals surface area contributed by atoms with Gasteiger partial charge in [0, 0.05) is 17.1 Å². The smallest absolute Gasteiger partial charge is 0.325 e. The summed E-state index contributed by atoms with van der Waals surface area (Å²) in [4.78, 5) is 33.1. The van der Waals surface area contributed by atoms with Crippen LogP contribution in [0.4, 0.5) is 0 Å². The number of aromatic amines is 2. The Labute approximate surface area is 153 Å². The SMILES string of the molecule is COc1ccc2oc([C@H](C)NC(=O)c3cnc4[nH]c(=O)[nH]c4c3)c(C)c2c1. The molecule has 3 N–H and O–H groups in total. The highest BCUT2D eigenvalue weighted by atomic mass is 16.5. The van der Waals surface area contributed by atoms with Gasteiger partial charge >= 0.3 is 5.69 Å². The fourth-order valence-corrected chi connectivity index (χ4v) is 3.15. The summed E-state index contributed by atoms with van der Waals surface area (Å²) in [7, 11) is 1.61. The predicted molar refractivity (Wildman–Crippen MR) is 100 cm³/mol. The monoisotopic (exact) mass is 366 g/mol. The number of benzene rings is 1. The molecular formula is C19H18N4O4. The lowest BCUT2D eigenvalue weighted by atomic mass is 10.1. The van der Waals surface area contributed by atoms with Crippen LogP contribution in [-0.4, -0.2) is 28.0 Å². The summed E-state index contributed by atoms with van der Waals surface area (Å²) in [5, 5.41) is 3.85. The van der Waals surface area contributed by atoms with E-state index in [0.29, 0.717) is 22.5 Å². The lowest BCUT2D eigenvalue weighted by molar-refractivity contribution is 0.0935. The summed E-state index contributed by atoms with van der Waals surface area (Å²) in [6, 6.07) is 6.82. The number of carbonyl (C=O) groups excluding carboxylic acids is 1. The second-order valence-corrected chi connectivity index (χ2v) is 6.35. The number of ether oxygens (including phenoxy) is 1. The van der Waals surface area contributed by atoms with E-state index >= 15 is 0 Å². The van der Waals surface area contributed by atoms with Crippen LogP contribution in [0.5, 0.6) is 5.75 Å². The molecule has 1 amide bonds. The number of methoxy groups -OCH3 is 1. The summed E-state index contributed by atoms with van der Waals surface area (Å²) in [6.07, 6.45) is 1.42. The Morgan fingerprint density at radius 2 is 2.11 bits per heavy atom. The molecule has 0 aliphatic carbocycles. The Hall–Kier alpha value is -3.55. The van der Waals surface area contributed by atoms with E-state index in [2.05, 4.69) is 20.3 Å². The topological polar surface area (TPSA) is 113 Å². The van der Waals surface area contributed by atoms with E-state index in [1.54, 1.807) is 13.2 Å². The molecule has 138 valence electrons. The maximum absolute atomic E-state index is 12.6. The minimum atomic E-state index is -0.364. The Morgan fingerprint density at radius 3 is 2.89 bits per heavy atom. The van der Waals surface area contributed by atoms with Crippen molar-refractivity contribution in [3.05, 3.63) is 57.8 Å². The fraction of sp³-hybridized carbons (Fsp3) is 0.211. The zero-order chi connectivity index (χ0) is 19.1. The van der Waals surface area contributed by atoms with Gasteiger partial charge in [-0.3, -0.25) is 9.78 Å². The molecule has 3 heterocycles. The third-order valence-electron chi connectivity index (χ3n) is 4.55. The minimum Gasteiger partial charge on any atom is -0.497 e. The summed E-state index contributed by atoms with van der Waals surface area (Å²) in [6.45, 7) is 3.80. The summed E-state index contributed by atoms with van der Waals surface area (Å²) in [5.74, 6) is 1.11. The largest absolute Gasteiger partial charge is 0.497 e. The molecule has 0 aliphatic rings. The number of aryl methyl sites for hydroxylation is 1. The highest BCUT2D eigenvalue weighted by Gasteiger charge is 2.20. The number of hydrogen-bond acceptors (Lipinski definition) is 5. The summed E-state index contributed by atoms with van der Waals surface area (Å²) < 4.78 is 11.2. The Balaban J connectivity index is 1.61. The Morgan fingerprint density at radius 1 is 1.30 bits per heavy atom. The van der Waals surface area contributed by atoms with Crippen molar-refractivity contribution in [1.82, 2.24) is 20.3 Å². The van der Waals surface area contributed by atoms with Crippen molar-refractivity contribution < 1.29 is 13.9 Å². The lowest BCUT2D eigenvalue weighted by Gasteiger charge is -2.12. The molecule has 0 bridgehead atoms. The quantitative estimate of drug-likeness (QED) is 0.514. The number of nitrogens with zero attached hydrogens (tertiary/aromatic N) is 1. The standard InChI is InChI=1S/C19H18N4O4/c1-9-13-7-12(26-3)4-5-15(13)27-16(9)10(2)21-18(24)11-6-14-17(20-8-11)23-19(25)22-14/h4-8,10H,1-3H3,(H,21,24)(H2,20,22,23,25)/t10-/m0/s1. The maximum Gasteiger partial charge on any atom is 0.325 e. The van der Waals surface area contributed by atoms with Crippen molar-refractivity contribution in [3.63, 3.8) is 0 Å². The van der Waals surface area contributed by atoms with Crippen LogP contribution < -0.4 is 15.7 Å². The van der Waals surface area contributed by atoms with Gasteiger partial charge in [-0.25, -0.2) is 9.78 Å². The second-order valence-electron chi connectivity index (χ2n) is 6.35. The van der Waals surface area contributed by atoms with Crippen LogP contribution in [0.25, 0.3) is 22.1 Å². The molecular weight excluding hydrogens is 348 g/mol. The van der Waals surface area contributed by atoms with Gasteiger partial charge in [0.05, 0.1) is 24.2 Å². The second kappa shape index (κ2) is 6.31. The zero-order valence-electron chi connectivity index (χ0n) is 15.0. The molecule has 0 spiro atoms. The number of hydrogen-bond donors (Lipinski definition) is 3. The molecule has 0 aliphatic heterocycles. The fourth-order valence-electron chi connectivity index (χ4n) is 3.15. The highest BCUT2D eigenvalue weighted by molar-refractivity contribution is 5.96. The van der Waals surface area contributed by atoms with Crippen molar-refractivity contribution in [3.8, 4) is 5.75 Å². The predicted octanol–water partition coefficient (Wildman–Crippen LogP) is 2.81. The molecule has 8 nitrogen and oxygen atoms in total. The molecule has 1 atom stereocenters. The molecule has 0 unspecified atom stereocenters. The van der Waals surface area contributed by atoms with Crippen molar-refractivity contribution in [1.29, 1.82) is 0 Å². The van der Waals surface area contributed by atoms with E-state index < -0.39 is 0 Å². The molecule has 4 rings (SSSR count). The van der Waals surface area contributed by atoms with E-state index in [1.807, 2.05) is 32.0 Å². The van der Waals surface area contributed by atoms with Crippen molar-refractivity contribution >= 4 is 28.0 Å². The number of H-pyrrole nitrogens is 2. The number of aromatic nitrogens is 3. The van der Waals surface area contributed by atoms with Crippen LogP contribution >= 0.6 is 0 Å². The summed E-state index contributed by atoms with van der Waals surface area (Å²) >= 11 is 0. The summed E-state index contributed by atoms with van der Waals surface area (Å²) in [5.41, 5.74) is 2.55. The van der Waals surface area contributed by atoms with E-state index in [4.69, 9.17) is 9.15 Å². The van der Waals surface area contributed by atoms with Gasteiger partial charge in [-0.1, -0.05) is 0 Å². The average Bonchev–Trinajstić information content (AvgIpc) is 3.19. The van der Waals surface area contributed by atoms with Crippen LogP contribution in [0.1, 0.15) is 34.6 Å². The number of amides is 1. The first-order valence-electron chi connectivity index (χ1n) is 8.42. The van der Waals surface area contributed by atoms with Crippen molar-refractivity contribution in [2.75, 3.05) is 7.11 Å². The first kappa shape index (κ1) is 16.9. The molecule has 27 heavy (non-hydrogen) atoms. The lowest BCUT2D eigenvalue weighted by Crippen LogP contribution is -2.26. The maximum atomic E-state index is 12.6. The van der Waals surface area contributed by atoms with E-state index in [-0.39, 0.29) is 17.6 Å². The third kappa shape index (κ3) is 2.95. The first-order chi connectivity index (χ1) is 13.0. The first-order valence-corrected chi connectivity index (χ1v) is 8.42. The molecule has 1 aromatic carbocycles. The van der Waals surface area contributed by atoms with Crippen LogP contribution in [0.2, 0.25) is 0 Å². The third-order valence-corrected chi connectivity index (χ3v) is 4.55. The van der Waals surface area contributed by atoms with Gasteiger partial charge in [0.15, 0.2) is 5.65 Å². The van der Waals surface area contributed by atoms with Crippen LogP contribution in [0, 0.1) is 6.92 Å². The van der Waals surface area contributed by atoms with Crippen LogP contribution in [0.3, 0.4) is 0 Å². The van der Waals surface area contributed by atoms with Gasteiger partial charge in [-0.05, 0) is 38.1 Å². The molecule has 0 radical (unpaired) electrons. The normalized spacial score (nSPS) is 12.4. The van der Waals surface area contributed by atoms with E-state index in [1.165, 1.54) is 6.20 Å². The Kier molecular flexibility index (Phi) is 3.95. The molecule has 0 saturated heterocycles. The number of furan rings is 1. The number of rotatable bonds is 4. The number of pyridine rings is 1.